The van der Waals surface area contributed by atoms with Gasteiger partial charge in [0.2, 0.25) is 0 Å². The average Bonchev–Trinajstić information content (AvgIpc) is 2.92. The van der Waals surface area contributed by atoms with E-state index in [9.17, 15) is 5.11 Å². The van der Waals surface area contributed by atoms with Crippen molar-refractivity contribution in [2.75, 3.05) is 20.8 Å². The van der Waals surface area contributed by atoms with Crippen LogP contribution in [0, 0.1) is 6.92 Å². The highest BCUT2D eigenvalue weighted by atomic mass is 16.5. The van der Waals surface area contributed by atoms with Crippen LogP contribution in [0.1, 0.15) is 30.9 Å². The van der Waals surface area contributed by atoms with E-state index in [-0.39, 0.29) is 6.04 Å². The van der Waals surface area contributed by atoms with E-state index in [1.54, 1.807) is 14.2 Å². The minimum absolute atomic E-state index is 0.0498. The minimum atomic E-state index is -0.969. The van der Waals surface area contributed by atoms with Crippen LogP contribution in [-0.4, -0.2) is 31.9 Å². The second kappa shape index (κ2) is 5.39. The van der Waals surface area contributed by atoms with Gasteiger partial charge in [0, 0.05) is 11.6 Å². The molecule has 0 spiro atoms. The summed E-state index contributed by atoms with van der Waals surface area (Å²) >= 11 is 0. The van der Waals surface area contributed by atoms with Gasteiger partial charge in [-0.05, 0) is 50.9 Å². The molecule has 19 heavy (non-hydrogen) atoms. The van der Waals surface area contributed by atoms with Gasteiger partial charge in [-0.1, -0.05) is 0 Å². The van der Waals surface area contributed by atoms with Crippen molar-refractivity contribution in [1.29, 1.82) is 0 Å². The maximum Gasteiger partial charge on any atom is 0.125 e. The van der Waals surface area contributed by atoms with Gasteiger partial charge < -0.3 is 19.9 Å². The lowest BCUT2D eigenvalue weighted by molar-refractivity contribution is 0.0194. The lowest BCUT2D eigenvalue weighted by atomic mass is 9.86. The lowest BCUT2D eigenvalue weighted by Crippen LogP contribution is -2.43. The summed E-state index contributed by atoms with van der Waals surface area (Å²) in [6.45, 7) is 4.75. The predicted octanol–water partition coefficient (Wildman–Crippen LogP) is 1.97. The first-order valence-corrected chi connectivity index (χ1v) is 6.69. The molecule has 2 unspecified atom stereocenters. The fourth-order valence-corrected chi connectivity index (χ4v) is 2.80. The topological polar surface area (TPSA) is 50.7 Å². The van der Waals surface area contributed by atoms with Crippen LogP contribution in [0.15, 0.2) is 12.1 Å². The van der Waals surface area contributed by atoms with Gasteiger partial charge in [0.25, 0.3) is 0 Å². The molecule has 4 heteroatoms. The van der Waals surface area contributed by atoms with Crippen LogP contribution < -0.4 is 14.8 Å². The minimum Gasteiger partial charge on any atom is -0.496 e. The van der Waals surface area contributed by atoms with E-state index < -0.39 is 5.60 Å². The SMILES string of the molecule is COc1cc(C(C)(O)C2CCCN2)c(OC)cc1C. The van der Waals surface area contributed by atoms with Crippen molar-refractivity contribution >= 4 is 0 Å². The van der Waals surface area contributed by atoms with Gasteiger partial charge in [-0.15, -0.1) is 0 Å². The number of aliphatic hydroxyl groups is 1. The molecule has 1 aromatic rings. The highest BCUT2D eigenvalue weighted by molar-refractivity contribution is 5.49. The molecule has 1 aliphatic heterocycles. The lowest BCUT2D eigenvalue weighted by Gasteiger charge is -2.32. The highest BCUT2D eigenvalue weighted by Crippen LogP contribution is 2.39. The maximum atomic E-state index is 10.9. The molecule has 4 nitrogen and oxygen atoms in total. The summed E-state index contributed by atoms with van der Waals surface area (Å²) in [4.78, 5) is 0. The first-order chi connectivity index (χ1) is 9.00. The molecule has 1 fully saturated rings. The zero-order valence-corrected chi connectivity index (χ0v) is 12.1. The van der Waals surface area contributed by atoms with E-state index in [0.29, 0.717) is 5.75 Å². The molecule has 0 saturated carbocycles. The fourth-order valence-electron chi connectivity index (χ4n) is 2.80. The molecule has 0 aliphatic carbocycles. The molecular weight excluding hydrogens is 242 g/mol. The van der Waals surface area contributed by atoms with Crippen LogP contribution in [0.25, 0.3) is 0 Å². The molecule has 0 amide bonds. The largest absolute Gasteiger partial charge is 0.496 e. The molecule has 2 N–H and O–H groups in total. The normalized spacial score (nSPS) is 22.1. The molecular formula is C15H23NO3. The first-order valence-electron chi connectivity index (χ1n) is 6.69. The van der Waals surface area contributed by atoms with Crippen molar-refractivity contribution in [3.05, 3.63) is 23.3 Å². The van der Waals surface area contributed by atoms with Crippen LogP contribution in [-0.2, 0) is 5.60 Å². The Morgan fingerprint density at radius 3 is 2.47 bits per heavy atom. The number of benzene rings is 1. The van der Waals surface area contributed by atoms with Crippen molar-refractivity contribution in [3.63, 3.8) is 0 Å². The van der Waals surface area contributed by atoms with E-state index >= 15 is 0 Å². The Morgan fingerprint density at radius 1 is 1.26 bits per heavy atom. The Kier molecular flexibility index (Phi) is 4.02. The van der Waals surface area contributed by atoms with Crippen molar-refractivity contribution < 1.29 is 14.6 Å². The summed E-state index contributed by atoms with van der Waals surface area (Å²) in [5.74, 6) is 1.48. The molecule has 1 aliphatic rings. The van der Waals surface area contributed by atoms with Crippen LogP contribution in [0.5, 0.6) is 11.5 Å². The second-order valence-corrected chi connectivity index (χ2v) is 5.32. The van der Waals surface area contributed by atoms with Gasteiger partial charge in [0.1, 0.15) is 17.1 Å². The van der Waals surface area contributed by atoms with Gasteiger partial charge in [0.05, 0.1) is 14.2 Å². The van der Waals surface area contributed by atoms with Crippen molar-refractivity contribution in [2.24, 2.45) is 0 Å². The molecule has 2 atom stereocenters. The van der Waals surface area contributed by atoms with Crippen LogP contribution in [0.4, 0.5) is 0 Å². The van der Waals surface area contributed by atoms with Crippen molar-refractivity contribution in [2.45, 2.75) is 38.3 Å². The average molecular weight is 265 g/mol. The molecule has 0 aromatic heterocycles. The number of methoxy groups -OCH3 is 2. The Labute approximate surface area is 114 Å². The summed E-state index contributed by atoms with van der Waals surface area (Å²) in [6.07, 6.45) is 2.05. The van der Waals surface area contributed by atoms with Gasteiger partial charge in [-0.25, -0.2) is 0 Å². The van der Waals surface area contributed by atoms with Crippen molar-refractivity contribution in [3.8, 4) is 11.5 Å². The third-order valence-electron chi connectivity index (χ3n) is 4.00. The zero-order chi connectivity index (χ0) is 14.0. The number of ether oxygens (including phenoxy) is 2. The number of hydrogen-bond donors (Lipinski definition) is 2. The van der Waals surface area contributed by atoms with Gasteiger partial charge in [-0.3, -0.25) is 0 Å². The van der Waals surface area contributed by atoms with Crippen molar-refractivity contribution in [1.82, 2.24) is 5.32 Å². The number of hydrogen-bond acceptors (Lipinski definition) is 4. The molecule has 106 valence electrons. The maximum absolute atomic E-state index is 10.9. The van der Waals surface area contributed by atoms with Gasteiger partial charge >= 0.3 is 0 Å². The zero-order valence-electron chi connectivity index (χ0n) is 12.1. The molecule has 1 heterocycles. The monoisotopic (exact) mass is 265 g/mol. The van der Waals surface area contributed by atoms with E-state index in [0.717, 1.165) is 36.3 Å². The number of rotatable bonds is 4. The van der Waals surface area contributed by atoms with Gasteiger partial charge in [0.15, 0.2) is 0 Å². The van der Waals surface area contributed by atoms with Gasteiger partial charge in [-0.2, -0.15) is 0 Å². The molecule has 1 aromatic carbocycles. The summed E-state index contributed by atoms with van der Waals surface area (Å²) in [7, 11) is 3.27. The Bertz CT molecular complexity index is 451. The number of aryl methyl sites for hydroxylation is 1. The summed E-state index contributed by atoms with van der Waals surface area (Å²) in [5, 5.41) is 14.3. The van der Waals surface area contributed by atoms with Crippen LogP contribution in [0.3, 0.4) is 0 Å². The van der Waals surface area contributed by atoms with E-state index in [4.69, 9.17) is 9.47 Å². The fraction of sp³-hybridized carbons (Fsp3) is 0.600. The quantitative estimate of drug-likeness (QED) is 0.874. The summed E-state index contributed by atoms with van der Waals surface area (Å²) < 4.78 is 10.8. The standard InChI is InChI=1S/C15H23NO3/c1-10-8-13(19-4)11(9-12(10)18-3)15(2,17)14-6-5-7-16-14/h8-9,14,16-17H,5-7H2,1-4H3. The Hall–Kier alpha value is -1.26. The smallest absolute Gasteiger partial charge is 0.125 e. The predicted molar refractivity (Wildman–Crippen MR) is 74.9 cm³/mol. The van der Waals surface area contributed by atoms with Crippen LogP contribution in [0.2, 0.25) is 0 Å². The summed E-state index contributed by atoms with van der Waals surface area (Å²) in [5.41, 5.74) is 0.804. The molecule has 2 rings (SSSR count). The van der Waals surface area contributed by atoms with E-state index in [2.05, 4.69) is 5.32 Å². The first kappa shape index (κ1) is 14.2. The van der Waals surface area contributed by atoms with E-state index in [1.165, 1.54) is 0 Å². The Balaban J connectivity index is 2.46. The van der Waals surface area contributed by atoms with E-state index in [1.807, 2.05) is 26.0 Å². The Morgan fingerprint density at radius 2 is 1.95 bits per heavy atom. The molecule has 0 bridgehead atoms. The van der Waals surface area contributed by atoms with Crippen LogP contribution >= 0.6 is 0 Å². The number of nitrogens with one attached hydrogen (secondary N) is 1. The highest BCUT2D eigenvalue weighted by Gasteiger charge is 2.38. The second-order valence-electron chi connectivity index (χ2n) is 5.32. The molecule has 1 saturated heterocycles. The third kappa shape index (κ3) is 2.55. The molecule has 0 radical (unpaired) electrons. The summed E-state index contributed by atoms with van der Waals surface area (Å²) in [6, 6.07) is 3.85. The third-order valence-corrected chi connectivity index (χ3v) is 4.00.